The number of ether oxygens (including phenoxy) is 1. The topological polar surface area (TPSA) is 41.6 Å². The number of carbonyl (C=O) groups is 1. The molecule has 2 unspecified atom stereocenters. The molecular formula is C13H26N2O2. The van der Waals surface area contributed by atoms with Gasteiger partial charge in [-0.1, -0.05) is 13.3 Å². The molecule has 1 aliphatic rings. The number of nitrogens with one attached hydrogen (secondary N) is 1. The number of likely N-dealkylation sites (N-methyl/N-ethyl adjacent to an activating group) is 1. The molecule has 0 radical (unpaired) electrons. The fourth-order valence-electron chi connectivity index (χ4n) is 2.36. The third-order valence-corrected chi connectivity index (χ3v) is 3.22. The molecule has 0 aliphatic carbocycles. The van der Waals surface area contributed by atoms with Gasteiger partial charge in [0.15, 0.2) is 0 Å². The summed E-state index contributed by atoms with van der Waals surface area (Å²) in [4.78, 5) is 13.7. The summed E-state index contributed by atoms with van der Waals surface area (Å²) in [7, 11) is 2.08. The molecule has 1 fully saturated rings. The van der Waals surface area contributed by atoms with Crippen LogP contribution in [0.25, 0.3) is 0 Å². The first kappa shape index (κ1) is 14.5. The Kier molecular flexibility index (Phi) is 6.52. The van der Waals surface area contributed by atoms with E-state index in [0.29, 0.717) is 12.6 Å². The highest BCUT2D eigenvalue weighted by atomic mass is 16.5. The van der Waals surface area contributed by atoms with Crippen molar-refractivity contribution in [2.75, 3.05) is 33.3 Å². The van der Waals surface area contributed by atoms with Crippen molar-refractivity contribution in [1.82, 2.24) is 10.2 Å². The fourth-order valence-corrected chi connectivity index (χ4v) is 2.36. The largest absolute Gasteiger partial charge is 0.466 e. The van der Waals surface area contributed by atoms with E-state index in [-0.39, 0.29) is 11.9 Å². The van der Waals surface area contributed by atoms with Gasteiger partial charge >= 0.3 is 5.97 Å². The first-order valence-corrected chi connectivity index (χ1v) is 6.72. The van der Waals surface area contributed by atoms with Gasteiger partial charge in [0.25, 0.3) is 0 Å². The van der Waals surface area contributed by atoms with Crippen LogP contribution < -0.4 is 5.32 Å². The Morgan fingerprint density at radius 1 is 1.53 bits per heavy atom. The van der Waals surface area contributed by atoms with Crippen LogP contribution in [0.3, 0.4) is 0 Å². The van der Waals surface area contributed by atoms with Gasteiger partial charge in [-0.05, 0) is 33.4 Å². The van der Waals surface area contributed by atoms with Gasteiger partial charge in [0.1, 0.15) is 0 Å². The van der Waals surface area contributed by atoms with Gasteiger partial charge in [0.2, 0.25) is 0 Å². The smallest absolute Gasteiger partial charge is 0.309 e. The van der Waals surface area contributed by atoms with E-state index < -0.39 is 0 Å². The van der Waals surface area contributed by atoms with E-state index >= 15 is 0 Å². The molecule has 0 aromatic rings. The monoisotopic (exact) mass is 242 g/mol. The minimum atomic E-state index is -0.0871. The lowest BCUT2D eigenvalue weighted by atomic mass is 10.0. The van der Waals surface area contributed by atoms with Gasteiger partial charge in [-0.15, -0.1) is 0 Å². The number of rotatable bonds is 6. The molecular weight excluding hydrogens is 216 g/mol. The van der Waals surface area contributed by atoms with E-state index in [2.05, 4.69) is 17.3 Å². The second-order valence-electron chi connectivity index (χ2n) is 5.02. The maximum atomic E-state index is 11.5. The first-order valence-electron chi connectivity index (χ1n) is 6.72. The normalized spacial score (nSPS) is 22.5. The zero-order valence-electron chi connectivity index (χ0n) is 11.4. The van der Waals surface area contributed by atoms with E-state index in [1.165, 1.54) is 19.3 Å². The number of piperidine rings is 1. The quantitative estimate of drug-likeness (QED) is 0.712. The minimum absolute atomic E-state index is 0.0384. The van der Waals surface area contributed by atoms with Crippen LogP contribution in [0.4, 0.5) is 0 Å². The van der Waals surface area contributed by atoms with Crippen molar-refractivity contribution in [3.63, 3.8) is 0 Å². The molecule has 0 saturated carbocycles. The number of carbonyl (C=O) groups excluding carboxylic acids is 1. The summed E-state index contributed by atoms with van der Waals surface area (Å²) in [5.74, 6) is -0.125. The molecule has 1 saturated heterocycles. The molecule has 1 N–H and O–H groups in total. The van der Waals surface area contributed by atoms with E-state index in [1.807, 2.05) is 13.8 Å². The third kappa shape index (κ3) is 5.50. The van der Waals surface area contributed by atoms with Crippen molar-refractivity contribution in [1.29, 1.82) is 0 Å². The molecule has 2 atom stereocenters. The molecule has 0 amide bonds. The molecule has 100 valence electrons. The third-order valence-electron chi connectivity index (χ3n) is 3.22. The Labute approximate surface area is 105 Å². The lowest BCUT2D eigenvalue weighted by Crippen LogP contribution is -2.44. The van der Waals surface area contributed by atoms with Crippen LogP contribution in [0.1, 0.15) is 33.1 Å². The van der Waals surface area contributed by atoms with Crippen molar-refractivity contribution in [2.24, 2.45) is 5.92 Å². The zero-order valence-corrected chi connectivity index (χ0v) is 11.4. The SMILES string of the molecule is CCOC(=O)C(C)CN(C)CC1CCCCN1. The van der Waals surface area contributed by atoms with Crippen molar-refractivity contribution >= 4 is 5.97 Å². The summed E-state index contributed by atoms with van der Waals surface area (Å²) in [6, 6.07) is 0.586. The Morgan fingerprint density at radius 2 is 2.29 bits per heavy atom. The maximum absolute atomic E-state index is 11.5. The Bertz CT molecular complexity index is 227. The number of hydrogen-bond acceptors (Lipinski definition) is 4. The summed E-state index contributed by atoms with van der Waals surface area (Å²) < 4.78 is 5.01. The zero-order chi connectivity index (χ0) is 12.7. The average Bonchev–Trinajstić information content (AvgIpc) is 2.30. The molecule has 1 aliphatic heterocycles. The van der Waals surface area contributed by atoms with Crippen LogP contribution in [-0.2, 0) is 9.53 Å². The van der Waals surface area contributed by atoms with Crippen LogP contribution >= 0.6 is 0 Å². The highest BCUT2D eigenvalue weighted by molar-refractivity contribution is 5.72. The average molecular weight is 242 g/mol. The molecule has 17 heavy (non-hydrogen) atoms. The van der Waals surface area contributed by atoms with Crippen LogP contribution in [0.15, 0.2) is 0 Å². The second-order valence-corrected chi connectivity index (χ2v) is 5.02. The van der Waals surface area contributed by atoms with Crippen LogP contribution in [0.5, 0.6) is 0 Å². The summed E-state index contributed by atoms with van der Waals surface area (Å²) in [6.07, 6.45) is 3.86. The Hall–Kier alpha value is -0.610. The van der Waals surface area contributed by atoms with E-state index in [1.54, 1.807) is 0 Å². The molecule has 4 nitrogen and oxygen atoms in total. The number of nitrogens with zero attached hydrogens (tertiary/aromatic N) is 1. The second kappa shape index (κ2) is 7.67. The maximum Gasteiger partial charge on any atom is 0.309 e. The van der Waals surface area contributed by atoms with Crippen molar-refractivity contribution in [2.45, 2.75) is 39.2 Å². The highest BCUT2D eigenvalue weighted by Crippen LogP contribution is 2.09. The van der Waals surface area contributed by atoms with E-state index in [4.69, 9.17) is 4.74 Å². The van der Waals surface area contributed by atoms with Gasteiger partial charge < -0.3 is 15.0 Å². The predicted molar refractivity (Wildman–Crippen MR) is 68.9 cm³/mol. The van der Waals surface area contributed by atoms with Crippen LogP contribution in [0, 0.1) is 5.92 Å². The molecule has 0 aromatic carbocycles. The summed E-state index contributed by atoms with van der Waals surface area (Å²) >= 11 is 0. The van der Waals surface area contributed by atoms with Gasteiger partial charge in [-0.3, -0.25) is 4.79 Å². The van der Waals surface area contributed by atoms with Gasteiger partial charge in [0, 0.05) is 19.1 Å². The van der Waals surface area contributed by atoms with E-state index in [9.17, 15) is 4.79 Å². The lowest BCUT2D eigenvalue weighted by molar-refractivity contribution is -0.147. The predicted octanol–water partition coefficient (Wildman–Crippen LogP) is 1.26. The van der Waals surface area contributed by atoms with E-state index in [0.717, 1.165) is 19.6 Å². The molecule has 1 rings (SSSR count). The van der Waals surface area contributed by atoms with Gasteiger partial charge in [-0.25, -0.2) is 0 Å². The van der Waals surface area contributed by atoms with Gasteiger partial charge in [-0.2, -0.15) is 0 Å². The summed E-state index contributed by atoms with van der Waals surface area (Å²) in [5.41, 5.74) is 0. The molecule has 1 heterocycles. The first-order chi connectivity index (χ1) is 8.13. The fraction of sp³-hybridized carbons (Fsp3) is 0.923. The molecule has 0 aromatic heterocycles. The number of hydrogen-bond donors (Lipinski definition) is 1. The van der Waals surface area contributed by atoms with Crippen molar-refractivity contribution in [3.05, 3.63) is 0 Å². The minimum Gasteiger partial charge on any atom is -0.466 e. The summed E-state index contributed by atoms with van der Waals surface area (Å²) in [6.45, 7) is 7.17. The highest BCUT2D eigenvalue weighted by Gasteiger charge is 2.19. The van der Waals surface area contributed by atoms with Crippen molar-refractivity contribution in [3.8, 4) is 0 Å². The summed E-state index contributed by atoms with van der Waals surface area (Å²) in [5, 5.41) is 3.52. The number of esters is 1. The Balaban J connectivity index is 2.22. The van der Waals surface area contributed by atoms with Crippen LogP contribution in [0.2, 0.25) is 0 Å². The molecule has 4 heteroatoms. The van der Waals surface area contributed by atoms with Crippen molar-refractivity contribution < 1.29 is 9.53 Å². The molecule has 0 bridgehead atoms. The molecule has 0 spiro atoms. The van der Waals surface area contributed by atoms with Gasteiger partial charge in [0.05, 0.1) is 12.5 Å². The standard InChI is InChI=1S/C13H26N2O2/c1-4-17-13(16)11(2)9-15(3)10-12-7-5-6-8-14-12/h11-12,14H,4-10H2,1-3H3. The van der Waals surface area contributed by atoms with Crippen LogP contribution in [-0.4, -0.2) is 50.2 Å². The Morgan fingerprint density at radius 3 is 2.88 bits per heavy atom. The lowest BCUT2D eigenvalue weighted by Gasteiger charge is -2.29.